The summed E-state index contributed by atoms with van der Waals surface area (Å²) in [4.78, 5) is 0. The van der Waals surface area contributed by atoms with Crippen molar-refractivity contribution in [3.63, 3.8) is 0 Å². The summed E-state index contributed by atoms with van der Waals surface area (Å²) in [5.41, 5.74) is -3.13. The van der Waals surface area contributed by atoms with Gasteiger partial charge in [-0.25, -0.2) is 0 Å². The average Bonchev–Trinajstić information content (AvgIpc) is 2.91. The first kappa shape index (κ1) is 17.1. The van der Waals surface area contributed by atoms with Crippen LogP contribution in [0.15, 0.2) is 22.6 Å². The van der Waals surface area contributed by atoms with Gasteiger partial charge in [0.25, 0.3) is 0 Å². The summed E-state index contributed by atoms with van der Waals surface area (Å²) in [6.45, 7) is 1.57. The van der Waals surface area contributed by atoms with E-state index in [9.17, 15) is 26.3 Å². The molecule has 2 aromatic rings. The molecule has 2 rings (SSSR count). The fourth-order valence-electron chi connectivity index (χ4n) is 1.74. The van der Waals surface area contributed by atoms with E-state index < -0.39 is 23.5 Å². The first-order valence-electron chi connectivity index (χ1n) is 6.44. The number of hydrogen-bond acceptors (Lipinski definition) is 4. The molecule has 0 fully saturated rings. The predicted octanol–water partition coefficient (Wildman–Crippen LogP) is 4.28. The summed E-state index contributed by atoms with van der Waals surface area (Å²) in [6.07, 6.45) is -9.32. The molecular formula is C13H11F6N3O. The van der Waals surface area contributed by atoms with Gasteiger partial charge < -0.3 is 9.73 Å². The first-order valence-corrected chi connectivity index (χ1v) is 6.44. The summed E-state index contributed by atoms with van der Waals surface area (Å²) in [6, 6.07) is 1.24. The summed E-state index contributed by atoms with van der Waals surface area (Å²) in [5, 5.41) is 9.69. The Balaban J connectivity index is 2.26. The van der Waals surface area contributed by atoms with E-state index in [2.05, 4.69) is 15.5 Å². The Hall–Kier alpha value is -2.26. The Labute approximate surface area is 126 Å². The molecule has 4 nitrogen and oxygen atoms in total. The number of aryl methyl sites for hydroxylation is 1. The third-order valence-electron chi connectivity index (χ3n) is 2.84. The van der Waals surface area contributed by atoms with Crippen LogP contribution in [0.5, 0.6) is 0 Å². The fraction of sp³-hybridized carbons (Fsp3) is 0.385. The normalized spacial score (nSPS) is 12.5. The molecule has 0 atom stereocenters. The van der Waals surface area contributed by atoms with Gasteiger partial charge in [0.1, 0.15) is 0 Å². The third kappa shape index (κ3) is 4.36. The zero-order valence-corrected chi connectivity index (χ0v) is 11.7. The molecule has 0 amide bonds. The van der Waals surface area contributed by atoms with Crippen LogP contribution in [0.2, 0.25) is 0 Å². The smallest absolute Gasteiger partial charge is 0.416 e. The Morgan fingerprint density at radius 1 is 0.913 bits per heavy atom. The summed E-state index contributed by atoms with van der Waals surface area (Å²) in [5.74, 6) is 0.384. The maximum absolute atomic E-state index is 12.7. The molecule has 126 valence electrons. The van der Waals surface area contributed by atoms with Gasteiger partial charge in [-0.1, -0.05) is 6.92 Å². The zero-order chi connectivity index (χ0) is 17.3. The Morgan fingerprint density at radius 2 is 1.43 bits per heavy atom. The Kier molecular flexibility index (Phi) is 4.53. The van der Waals surface area contributed by atoms with Gasteiger partial charge >= 0.3 is 12.4 Å². The lowest BCUT2D eigenvalue weighted by molar-refractivity contribution is -0.143. The molecule has 1 N–H and O–H groups in total. The number of rotatable bonds is 4. The van der Waals surface area contributed by atoms with Crippen LogP contribution in [-0.2, 0) is 25.3 Å². The molecule has 0 spiro atoms. The first-order chi connectivity index (χ1) is 10.6. The van der Waals surface area contributed by atoms with Crippen LogP contribution in [0, 0.1) is 0 Å². The number of nitrogens with one attached hydrogen (secondary N) is 1. The van der Waals surface area contributed by atoms with Crippen LogP contribution in [0.4, 0.5) is 32.0 Å². The number of hydrogen-bond donors (Lipinski definition) is 1. The number of aromatic nitrogens is 2. The van der Waals surface area contributed by atoms with Crippen molar-refractivity contribution < 1.29 is 30.8 Å². The van der Waals surface area contributed by atoms with Crippen molar-refractivity contribution in [2.24, 2.45) is 0 Å². The molecular weight excluding hydrogens is 328 g/mol. The number of benzene rings is 1. The van der Waals surface area contributed by atoms with E-state index in [4.69, 9.17) is 4.42 Å². The third-order valence-corrected chi connectivity index (χ3v) is 2.84. The van der Waals surface area contributed by atoms with Gasteiger partial charge in [0.2, 0.25) is 11.8 Å². The van der Waals surface area contributed by atoms with Crippen LogP contribution in [0.25, 0.3) is 0 Å². The van der Waals surface area contributed by atoms with Crippen molar-refractivity contribution >= 4 is 5.69 Å². The van der Waals surface area contributed by atoms with Gasteiger partial charge in [-0.15, -0.1) is 10.2 Å². The predicted molar refractivity (Wildman–Crippen MR) is 67.4 cm³/mol. The quantitative estimate of drug-likeness (QED) is 0.845. The molecule has 0 aliphatic rings. The molecule has 0 aliphatic carbocycles. The van der Waals surface area contributed by atoms with Crippen LogP contribution in [0.1, 0.15) is 29.8 Å². The van der Waals surface area contributed by atoms with Crippen molar-refractivity contribution in [1.29, 1.82) is 0 Å². The van der Waals surface area contributed by atoms with E-state index in [1.54, 1.807) is 6.92 Å². The number of halogens is 6. The number of nitrogens with zero attached hydrogens (tertiary/aromatic N) is 2. The number of alkyl halides is 6. The van der Waals surface area contributed by atoms with Crippen molar-refractivity contribution in [2.45, 2.75) is 32.2 Å². The lowest BCUT2D eigenvalue weighted by Gasteiger charge is -2.14. The maximum atomic E-state index is 12.7. The molecule has 0 aliphatic heterocycles. The highest BCUT2D eigenvalue weighted by Crippen LogP contribution is 2.37. The molecule has 0 bridgehead atoms. The van der Waals surface area contributed by atoms with E-state index >= 15 is 0 Å². The summed E-state index contributed by atoms with van der Waals surface area (Å²) in [7, 11) is 0. The molecule has 1 heterocycles. The van der Waals surface area contributed by atoms with Crippen LogP contribution >= 0.6 is 0 Å². The largest absolute Gasteiger partial charge is 0.423 e. The Morgan fingerprint density at radius 3 is 1.87 bits per heavy atom. The molecule has 0 saturated carbocycles. The molecule has 0 saturated heterocycles. The van der Waals surface area contributed by atoms with Gasteiger partial charge in [-0.3, -0.25) is 0 Å². The van der Waals surface area contributed by atoms with Crippen molar-refractivity contribution in [2.75, 3.05) is 5.32 Å². The SMILES string of the molecule is CCc1nnc(CNc2cc(C(F)(F)F)cc(C(F)(F)F)c2)o1. The van der Waals surface area contributed by atoms with Crippen molar-refractivity contribution in [3.8, 4) is 0 Å². The zero-order valence-electron chi connectivity index (χ0n) is 11.7. The van der Waals surface area contributed by atoms with E-state index in [0.29, 0.717) is 24.4 Å². The minimum atomic E-state index is -4.89. The van der Waals surface area contributed by atoms with Crippen molar-refractivity contribution in [1.82, 2.24) is 10.2 Å². The van der Waals surface area contributed by atoms with Crippen molar-refractivity contribution in [3.05, 3.63) is 41.1 Å². The van der Waals surface area contributed by atoms with Gasteiger partial charge in [0, 0.05) is 12.1 Å². The molecule has 10 heteroatoms. The minimum Gasteiger partial charge on any atom is -0.423 e. The van der Waals surface area contributed by atoms with Gasteiger partial charge in [-0.2, -0.15) is 26.3 Å². The molecule has 0 unspecified atom stereocenters. The monoisotopic (exact) mass is 339 g/mol. The minimum absolute atomic E-state index is 0.0626. The number of anilines is 1. The highest BCUT2D eigenvalue weighted by atomic mass is 19.4. The lowest BCUT2D eigenvalue weighted by atomic mass is 10.1. The topological polar surface area (TPSA) is 51.0 Å². The highest BCUT2D eigenvalue weighted by Gasteiger charge is 2.36. The second-order valence-electron chi connectivity index (χ2n) is 4.59. The lowest BCUT2D eigenvalue weighted by Crippen LogP contribution is -2.12. The van der Waals surface area contributed by atoms with Crippen LogP contribution < -0.4 is 5.32 Å². The molecule has 23 heavy (non-hydrogen) atoms. The summed E-state index contributed by atoms with van der Waals surface area (Å²) >= 11 is 0. The van der Waals surface area contributed by atoms with E-state index in [0.717, 1.165) is 0 Å². The fourth-order valence-corrected chi connectivity index (χ4v) is 1.74. The van der Waals surface area contributed by atoms with E-state index in [1.165, 1.54) is 0 Å². The summed E-state index contributed by atoms with van der Waals surface area (Å²) < 4.78 is 81.4. The highest BCUT2D eigenvalue weighted by molar-refractivity contribution is 5.50. The maximum Gasteiger partial charge on any atom is 0.416 e. The van der Waals surface area contributed by atoms with Crippen LogP contribution in [-0.4, -0.2) is 10.2 Å². The molecule has 1 aromatic carbocycles. The second kappa shape index (κ2) is 6.09. The van der Waals surface area contributed by atoms with Gasteiger partial charge in [0.15, 0.2) is 0 Å². The Bertz CT molecular complexity index is 645. The second-order valence-corrected chi connectivity index (χ2v) is 4.59. The van der Waals surface area contributed by atoms with Crippen LogP contribution in [0.3, 0.4) is 0 Å². The van der Waals surface area contributed by atoms with E-state index in [-0.39, 0.29) is 24.2 Å². The standard InChI is InChI=1S/C13H11F6N3O/c1-2-10-21-22-11(23-10)6-20-9-4-7(12(14,15)16)3-8(5-9)13(17,18)19/h3-5,20H,2,6H2,1H3. The van der Waals surface area contributed by atoms with Gasteiger partial charge in [0.05, 0.1) is 17.7 Å². The van der Waals surface area contributed by atoms with E-state index in [1.807, 2.05) is 0 Å². The van der Waals surface area contributed by atoms with Gasteiger partial charge in [-0.05, 0) is 18.2 Å². The average molecular weight is 339 g/mol. The molecule has 0 radical (unpaired) electrons. The molecule has 1 aromatic heterocycles.